The molecule has 1 heterocycles. The van der Waals surface area contributed by atoms with Crippen molar-refractivity contribution in [1.29, 1.82) is 0 Å². The topological polar surface area (TPSA) is 13.1 Å². The maximum Gasteiger partial charge on any atom is 0.136 e. The zero-order valence-electron chi connectivity index (χ0n) is 13.5. The van der Waals surface area contributed by atoms with Gasteiger partial charge in [0.05, 0.1) is 0 Å². The summed E-state index contributed by atoms with van der Waals surface area (Å²) in [4.78, 5) is 0. The zero-order chi connectivity index (χ0) is 16.4. The van der Waals surface area contributed by atoms with Crippen molar-refractivity contribution in [2.24, 2.45) is 0 Å². The quantitative estimate of drug-likeness (QED) is 0.274. The molecule has 116 valence electrons. The Balaban J connectivity index is 1.93. The van der Waals surface area contributed by atoms with Gasteiger partial charge >= 0.3 is 0 Å². The number of benzene rings is 5. The minimum Gasteiger partial charge on any atom is -0.456 e. The molecule has 1 aromatic heterocycles. The largest absolute Gasteiger partial charge is 0.456 e. The van der Waals surface area contributed by atoms with E-state index >= 15 is 0 Å². The van der Waals surface area contributed by atoms with E-state index in [2.05, 4.69) is 84.9 Å². The lowest BCUT2D eigenvalue weighted by molar-refractivity contribution is 0.669. The standard InChI is InChI=1S/C24H14O/c1-2-7-17-14-20-18(13-16(17)6-1)10-12-22-24(20)23-19-8-4-3-5-15(19)9-11-21(23)25-22/h1-14H. The predicted octanol–water partition coefficient (Wildman–Crippen LogP) is 7.05. The summed E-state index contributed by atoms with van der Waals surface area (Å²) < 4.78 is 6.18. The van der Waals surface area contributed by atoms with Gasteiger partial charge in [-0.3, -0.25) is 0 Å². The van der Waals surface area contributed by atoms with Crippen molar-refractivity contribution in [3.8, 4) is 0 Å². The summed E-state index contributed by atoms with van der Waals surface area (Å²) in [5, 5.41) is 9.97. The van der Waals surface area contributed by atoms with Gasteiger partial charge in [0.15, 0.2) is 0 Å². The van der Waals surface area contributed by atoms with Crippen molar-refractivity contribution in [3.63, 3.8) is 0 Å². The molecule has 0 N–H and O–H groups in total. The molecule has 0 aliphatic carbocycles. The van der Waals surface area contributed by atoms with Crippen LogP contribution in [0.1, 0.15) is 0 Å². The van der Waals surface area contributed by atoms with Crippen LogP contribution in [0.3, 0.4) is 0 Å². The molecule has 6 rings (SSSR count). The Morgan fingerprint density at radius 1 is 0.440 bits per heavy atom. The molecule has 0 spiro atoms. The fraction of sp³-hybridized carbons (Fsp3) is 0. The molecule has 25 heavy (non-hydrogen) atoms. The van der Waals surface area contributed by atoms with E-state index in [9.17, 15) is 0 Å². The molecule has 0 unspecified atom stereocenters. The van der Waals surface area contributed by atoms with Crippen molar-refractivity contribution in [2.75, 3.05) is 0 Å². The van der Waals surface area contributed by atoms with E-state index in [1.807, 2.05) is 0 Å². The Kier molecular flexibility index (Phi) is 2.40. The molecule has 0 amide bonds. The summed E-state index contributed by atoms with van der Waals surface area (Å²) in [6.45, 7) is 0. The highest BCUT2D eigenvalue weighted by molar-refractivity contribution is 6.27. The lowest BCUT2D eigenvalue weighted by Gasteiger charge is -2.04. The van der Waals surface area contributed by atoms with Gasteiger partial charge in [0.2, 0.25) is 0 Å². The molecule has 6 aromatic rings. The van der Waals surface area contributed by atoms with E-state index in [0.717, 1.165) is 11.2 Å². The number of furan rings is 1. The van der Waals surface area contributed by atoms with Crippen LogP contribution in [0.15, 0.2) is 89.3 Å². The highest BCUT2D eigenvalue weighted by atomic mass is 16.3. The molecule has 0 saturated heterocycles. The van der Waals surface area contributed by atoms with Gasteiger partial charge in [0, 0.05) is 10.8 Å². The normalized spacial score (nSPS) is 12.0. The highest BCUT2D eigenvalue weighted by Crippen LogP contribution is 2.39. The fourth-order valence-corrected chi connectivity index (χ4v) is 4.05. The third-order valence-corrected chi connectivity index (χ3v) is 5.21. The molecule has 5 aromatic carbocycles. The Hall–Kier alpha value is -3.32. The molecule has 0 saturated carbocycles. The van der Waals surface area contributed by atoms with Crippen LogP contribution < -0.4 is 0 Å². The van der Waals surface area contributed by atoms with E-state index in [4.69, 9.17) is 4.42 Å². The molecule has 0 bridgehead atoms. The second-order valence-corrected chi connectivity index (χ2v) is 6.62. The van der Waals surface area contributed by atoms with Gasteiger partial charge in [-0.05, 0) is 56.6 Å². The summed E-state index contributed by atoms with van der Waals surface area (Å²) in [7, 11) is 0. The van der Waals surface area contributed by atoms with Crippen molar-refractivity contribution < 1.29 is 4.42 Å². The molecule has 1 heteroatoms. The zero-order valence-corrected chi connectivity index (χ0v) is 13.5. The van der Waals surface area contributed by atoms with E-state index < -0.39 is 0 Å². The minimum atomic E-state index is 0.953. The lowest BCUT2D eigenvalue weighted by atomic mass is 9.97. The molecule has 0 aliphatic rings. The predicted molar refractivity (Wildman–Crippen MR) is 106 cm³/mol. The van der Waals surface area contributed by atoms with Crippen LogP contribution in [0, 0.1) is 0 Å². The maximum atomic E-state index is 6.18. The monoisotopic (exact) mass is 318 g/mol. The van der Waals surface area contributed by atoms with Crippen LogP contribution in [0.4, 0.5) is 0 Å². The number of hydrogen-bond acceptors (Lipinski definition) is 1. The Bertz CT molecular complexity index is 1440. The molecule has 0 atom stereocenters. The van der Waals surface area contributed by atoms with Crippen LogP contribution in [-0.4, -0.2) is 0 Å². The first-order valence-electron chi connectivity index (χ1n) is 8.54. The first-order chi connectivity index (χ1) is 12.4. The number of fused-ring (bicyclic) bond motifs is 8. The summed E-state index contributed by atoms with van der Waals surface area (Å²) in [6, 6.07) is 30.1. The molecule has 0 fully saturated rings. The van der Waals surface area contributed by atoms with E-state index in [1.54, 1.807) is 0 Å². The number of hydrogen-bond donors (Lipinski definition) is 0. The molecule has 1 nitrogen and oxygen atoms in total. The Morgan fingerprint density at radius 3 is 1.84 bits per heavy atom. The second-order valence-electron chi connectivity index (χ2n) is 6.62. The third kappa shape index (κ3) is 1.72. The van der Waals surface area contributed by atoms with Crippen LogP contribution in [0.2, 0.25) is 0 Å². The third-order valence-electron chi connectivity index (χ3n) is 5.21. The summed E-state index contributed by atoms with van der Waals surface area (Å²) in [5.41, 5.74) is 1.91. The van der Waals surface area contributed by atoms with Gasteiger partial charge in [-0.25, -0.2) is 0 Å². The van der Waals surface area contributed by atoms with Crippen LogP contribution in [0.5, 0.6) is 0 Å². The first kappa shape index (κ1) is 13.0. The van der Waals surface area contributed by atoms with Gasteiger partial charge in [0.25, 0.3) is 0 Å². The van der Waals surface area contributed by atoms with Crippen molar-refractivity contribution in [2.45, 2.75) is 0 Å². The number of rotatable bonds is 0. The van der Waals surface area contributed by atoms with Crippen LogP contribution in [0.25, 0.3) is 54.3 Å². The molecular weight excluding hydrogens is 304 g/mol. The van der Waals surface area contributed by atoms with E-state index in [1.165, 1.54) is 43.1 Å². The van der Waals surface area contributed by atoms with Crippen LogP contribution >= 0.6 is 0 Å². The van der Waals surface area contributed by atoms with Crippen molar-refractivity contribution in [1.82, 2.24) is 0 Å². The average Bonchev–Trinajstić information content (AvgIpc) is 3.06. The van der Waals surface area contributed by atoms with E-state index in [0.29, 0.717) is 0 Å². The summed E-state index contributed by atoms with van der Waals surface area (Å²) >= 11 is 0. The van der Waals surface area contributed by atoms with Crippen LogP contribution in [-0.2, 0) is 0 Å². The van der Waals surface area contributed by atoms with Crippen molar-refractivity contribution in [3.05, 3.63) is 84.9 Å². The molecule has 0 radical (unpaired) electrons. The van der Waals surface area contributed by atoms with Gasteiger partial charge in [-0.1, -0.05) is 60.7 Å². The Labute approximate surface area is 144 Å². The Morgan fingerprint density at radius 2 is 1.04 bits per heavy atom. The molecular formula is C24H14O. The lowest BCUT2D eigenvalue weighted by Crippen LogP contribution is -1.79. The van der Waals surface area contributed by atoms with E-state index in [-0.39, 0.29) is 0 Å². The van der Waals surface area contributed by atoms with Gasteiger partial charge in [-0.15, -0.1) is 0 Å². The summed E-state index contributed by atoms with van der Waals surface area (Å²) in [5.74, 6) is 0. The van der Waals surface area contributed by atoms with Gasteiger partial charge in [-0.2, -0.15) is 0 Å². The molecule has 0 aliphatic heterocycles. The minimum absolute atomic E-state index is 0.953. The van der Waals surface area contributed by atoms with Crippen molar-refractivity contribution >= 4 is 54.3 Å². The second kappa shape index (κ2) is 4.61. The highest BCUT2D eigenvalue weighted by Gasteiger charge is 2.13. The fourth-order valence-electron chi connectivity index (χ4n) is 4.05. The first-order valence-corrected chi connectivity index (χ1v) is 8.54. The van der Waals surface area contributed by atoms with Gasteiger partial charge in [0.1, 0.15) is 11.2 Å². The van der Waals surface area contributed by atoms with Gasteiger partial charge < -0.3 is 4.42 Å². The summed E-state index contributed by atoms with van der Waals surface area (Å²) in [6.07, 6.45) is 0. The average molecular weight is 318 g/mol. The maximum absolute atomic E-state index is 6.18. The smallest absolute Gasteiger partial charge is 0.136 e. The SMILES string of the molecule is c1ccc2cc3c(ccc4oc5ccc6ccccc6c5c43)cc2c1.